The predicted molar refractivity (Wildman–Crippen MR) is 101 cm³/mol. The number of hydrogen-bond donors (Lipinski definition) is 0. The highest BCUT2D eigenvalue weighted by Gasteiger charge is 2.29. The van der Waals surface area contributed by atoms with Crippen molar-refractivity contribution in [3.63, 3.8) is 0 Å². The van der Waals surface area contributed by atoms with E-state index in [2.05, 4.69) is 10.2 Å². The van der Waals surface area contributed by atoms with Crippen molar-refractivity contribution >= 4 is 23.2 Å². The number of carbonyl (C=O) groups excluding carboxylic acids is 1. The molecular formula is C20H22ClN3O2. The highest BCUT2D eigenvalue weighted by atomic mass is 35.5. The van der Waals surface area contributed by atoms with Crippen molar-refractivity contribution in [3.8, 4) is 11.6 Å². The lowest BCUT2D eigenvalue weighted by Gasteiger charge is -2.25. The van der Waals surface area contributed by atoms with E-state index in [0.717, 1.165) is 24.4 Å². The number of fused-ring (bicyclic) bond motifs is 2. The van der Waals surface area contributed by atoms with E-state index in [-0.39, 0.29) is 16.9 Å². The first-order chi connectivity index (χ1) is 12.7. The number of halogens is 1. The molecule has 6 heteroatoms. The van der Waals surface area contributed by atoms with E-state index in [1.54, 1.807) is 4.90 Å². The minimum Gasteiger partial charge on any atom is -0.435 e. The van der Waals surface area contributed by atoms with Gasteiger partial charge in [-0.05, 0) is 37.0 Å². The van der Waals surface area contributed by atoms with E-state index in [0.29, 0.717) is 17.9 Å². The molecule has 0 N–H and O–H groups in total. The van der Waals surface area contributed by atoms with Gasteiger partial charge < -0.3 is 9.64 Å². The van der Waals surface area contributed by atoms with Crippen LogP contribution in [0, 0.1) is 5.92 Å². The number of amides is 1. The Morgan fingerprint density at radius 2 is 1.96 bits per heavy atom. The lowest BCUT2D eigenvalue weighted by molar-refractivity contribution is 0.0985. The Balaban J connectivity index is 1.58. The lowest BCUT2D eigenvalue weighted by atomic mass is 9.86. The van der Waals surface area contributed by atoms with Crippen LogP contribution in [-0.4, -0.2) is 22.6 Å². The number of carbonyl (C=O) groups is 1. The van der Waals surface area contributed by atoms with Crippen LogP contribution in [0.2, 0.25) is 5.15 Å². The van der Waals surface area contributed by atoms with Crippen molar-refractivity contribution in [2.75, 3.05) is 11.4 Å². The van der Waals surface area contributed by atoms with E-state index < -0.39 is 0 Å². The van der Waals surface area contributed by atoms with Gasteiger partial charge in [0.1, 0.15) is 5.56 Å². The molecule has 5 nitrogen and oxygen atoms in total. The van der Waals surface area contributed by atoms with Crippen LogP contribution in [0.3, 0.4) is 0 Å². The summed E-state index contributed by atoms with van der Waals surface area (Å²) in [7, 11) is 0. The van der Waals surface area contributed by atoms with Crippen LogP contribution in [0.4, 0.5) is 5.69 Å². The summed E-state index contributed by atoms with van der Waals surface area (Å²) >= 11 is 5.96. The largest absolute Gasteiger partial charge is 0.435 e. The molecule has 0 radical (unpaired) electrons. The molecule has 0 saturated heterocycles. The minimum atomic E-state index is -0.134. The third kappa shape index (κ3) is 3.54. The van der Waals surface area contributed by atoms with E-state index in [1.165, 1.54) is 38.2 Å². The Morgan fingerprint density at radius 1 is 1.15 bits per heavy atom. The van der Waals surface area contributed by atoms with Crippen LogP contribution in [0.15, 0.2) is 30.3 Å². The quantitative estimate of drug-likeness (QED) is 0.737. The van der Waals surface area contributed by atoms with Crippen molar-refractivity contribution in [2.45, 2.75) is 44.9 Å². The fraction of sp³-hybridized carbons (Fsp3) is 0.450. The monoisotopic (exact) mass is 371 g/mol. The minimum absolute atomic E-state index is 0.134. The summed E-state index contributed by atoms with van der Waals surface area (Å²) < 4.78 is 5.86. The molecule has 1 amide bonds. The van der Waals surface area contributed by atoms with Crippen LogP contribution >= 0.6 is 11.6 Å². The Kier molecular flexibility index (Phi) is 5.07. The van der Waals surface area contributed by atoms with Gasteiger partial charge in [-0.3, -0.25) is 4.79 Å². The van der Waals surface area contributed by atoms with Crippen molar-refractivity contribution in [3.05, 3.63) is 41.0 Å². The standard InChI is InChI=1S/C20H22ClN3O2/c21-18-13-15-19(23-22-18)26-17-11-5-4-10-16(17)24(20(15)25)12-6-9-14-7-2-1-3-8-14/h4-5,10-11,13-14H,1-3,6-9,12H2. The summed E-state index contributed by atoms with van der Waals surface area (Å²) in [6, 6.07) is 9.10. The van der Waals surface area contributed by atoms with Gasteiger partial charge in [-0.1, -0.05) is 55.8 Å². The Bertz CT molecular complexity index is 805. The number of anilines is 1. The molecule has 1 fully saturated rings. The van der Waals surface area contributed by atoms with Gasteiger partial charge in [-0.25, -0.2) is 0 Å². The third-order valence-electron chi connectivity index (χ3n) is 5.29. The van der Waals surface area contributed by atoms with Crippen LogP contribution in [0.1, 0.15) is 55.3 Å². The summed E-state index contributed by atoms with van der Waals surface area (Å²) in [5.74, 6) is 1.49. The molecule has 1 aliphatic heterocycles. The number of rotatable bonds is 4. The molecule has 1 aliphatic carbocycles. The second kappa shape index (κ2) is 7.62. The van der Waals surface area contributed by atoms with E-state index in [4.69, 9.17) is 16.3 Å². The molecule has 136 valence electrons. The number of para-hydroxylation sites is 2. The van der Waals surface area contributed by atoms with Crippen LogP contribution in [-0.2, 0) is 0 Å². The van der Waals surface area contributed by atoms with Gasteiger partial charge in [0.2, 0.25) is 0 Å². The maximum Gasteiger partial charge on any atom is 0.264 e. The summed E-state index contributed by atoms with van der Waals surface area (Å²) in [5, 5.41) is 7.96. The van der Waals surface area contributed by atoms with Gasteiger partial charge in [-0.2, -0.15) is 0 Å². The average molecular weight is 372 g/mol. The second-order valence-electron chi connectivity index (χ2n) is 7.06. The van der Waals surface area contributed by atoms with Crippen LogP contribution in [0.5, 0.6) is 11.6 Å². The topological polar surface area (TPSA) is 55.3 Å². The number of benzene rings is 1. The molecule has 1 aromatic carbocycles. The smallest absolute Gasteiger partial charge is 0.264 e. The van der Waals surface area contributed by atoms with Gasteiger partial charge in [0, 0.05) is 6.54 Å². The summed E-state index contributed by atoms with van der Waals surface area (Å²) in [4.78, 5) is 14.9. The maximum absolute atomic E-state index is 13.2. The van der Waals surface area contributed by atoms with E-state index in [1.807, 2.05) is 24.3 Å². The molecule has 0 atom stereocenters. The highest BCUT2D eigenvalue weighted by molar-refractivity contribution is 6.29. The molecule has 0 bridgehead atoms. The van der Waals surface area contributed by atoms with Gasteiger partial charge in [0.05, 0.1) is 5.69 Å². The zero-order chi connectivity index (χ0) is 17.9. The number of hydrogen-bond acceptors (Lipinski definition) is 4. The molecule has 4 rings (SSSR count). The molecule has 2 aromatic rings. The maximum atomic E-state index is 13.2. The normalized spacial score (nSPS) is 17.3. The predicted octanol–water partition coefficient (Wildman–Crippen LogP) is 5.24. The molecule has 2 aliphatic rings. The fourth-order valence-electron chi connectivity index (χ4n) is 3.95. The molecule has 0 unspecified atom stereocenters. The zero-order valence-corrected chi connectivity index (χ0v) is 15.4. The van der Waals surface area contributed by atoms with Gasteiger partial charge in [0.15, 0.2) is 10.9 Å². The van der Waals surface area contributed by atoms with Crippen molar-refractivity contribution in [2.24, 2.45) is 5.92 Å². The Labute approximate surface area is 158 Å². The van der Waals surface area contributed by atoms with Crippen LogP contribution in [0.25, 0.3) is 0 Å². The SMILES string of the molecule is O=C1c2cc(Cl)nnc2Oc2ccccc2N1CCCC1CCCCC1. The number of aromatic nitrogens is 2. The molecule has 1 aromatic heterocycles. The zero-order valence-electron chi connectivity index (χ0n) is 14.7. The Hall–Kier alpha value is -2.14. The third-order valence-corrected chi connectivity index (χ3v) is 5.47. The van der Waals surface area contributed by atoms with Gasteiger partial charge >= 0.3 is 0 Å². The van der Waals surface area contributed by atoms with Gasteiger partial charge in [0.25, 0.3) is 11.8 Å². The molecule has 0 spiro atoms. The second-order valence-corrected chi connectivity index (χ2v) is 7.45. The average Bonchev–Trinajstić information content (AvgIpc) is 2.78. The van der Waals surface area contributed by atoms with Crippen LogP contribution < -0.4 is 9.64 Å². The summed E-state index contributed by atoms with van der Waals surface area (Å²) in [5.41, 5.74) is 1.13. The van der Waals surface area contributed by atoms with Crippen molar-refractivity contribution in [1.29, 1.82) is 0 Å². The molecular weight excluding hydrogens is 350 g/mol. The van der Waals surface area contributed by atoms with E-state index in [9.17, 15) is 4.79 Å². The molecule has 1 saturated carbocycles. The lowest BCUT2D eigenvalue weighted by Crippen LogP contribution is -2.31. The molecule has 2 heterocycles. The highest BCUT2D eigenvalue weighted by Crippen LogP contribution is 2.38. The van der Waals surface area contributed by atoms with Crippen molar-refractivity contribution in [1.82, 2.24) is 10.2 Å². The summed E-state index contributed by atoms with van der Waals surface area (Å²) in [6.45, 7) is 0.662. The first-order valence-corrected chi connectivity index (χ1v) is 9.72. The summed E-state index contributed by atoms with van der Waals surface area (Å²) in [6.07, 6.45) is 8.83. The first-order valence-electron chi connectivity index (χ1n) is 9.34. The van der Waals surface area contributed by atoms with E-state index >= 15 is 0 Å². The van der Waals surface area contributed by atoms with Crippen molar-refractivity contribution < 1.29 is 9.53 Å². The first kappa shape index (κ1) is 17.3. The Morgan fingerprint density at radius 3 is 2.81 bits per heavy atom. The number of ether oxygens (including phenoxy) is 1. The van der Waals surface area contributed by atoms with Gasteiger partial charge in [-0.15, -0.1) is 10.2 Å². The molecule has 26 heavy (non-hydrogen) atoms. The number of nitrogens with zero attached hydrogens (tertiary/aromatic N) is 3. The fourth-order valence-corrected chi connectivity index (χ4v) is 4.09.